The molecule has 3 N–H and O–H groups in total. The summed E-state index contributed by atoms with van der Waals surface area (Å²) in [6, 6.07) is 8.58. The number of hydrogen-bond acceptors (Lipinski definition) is 2. The van der Waals surface area contributed by atoms with Crippen LogP contribution in [0.3, 0.4) is 0 Å². The van der Waals surface area contributed by atoms with Crippen LogP contribution in [0.2, 0.25) is 0 Å². The first-order valence-electron chi connectivity index (χ1n) is 7.48. The molecule has 3 heteroatoms. The highest BCUT2D eigenvalue weighted by Crippen LogP contribution is 2.26. The second-order valence-electron chi connectivity index (χ2n) is 5.56. The summed E-state index contributed by atoms with van der Waals surface area (Å²) >= 11 is 0. The zero-order chi connectivity index (χ0) is 14.7. The predicted octanol–water partition coefficient (Wildman–Crippen LogP) is 3.99. The Bertz CT molecular complexity index is 554. The molecule has 0 saturated heterocycles. The Balaban J connectivity index is 2.30. The van der Waals surface area contributed by atoms with Crippen LogP contribution < -0.4 is 5.73 Å². The van der Waals surface area contributed by atoms with Crippen molar-refractivity contribution >= 4 is 0 Å². The van der Waals surface area contributed by atoms with E-state index in [2.05, 4.69) is 56.9 Å². The van der Waals surface area contributed by atoms with E-state index in [0.717, 1.165) is 35.6 Å². The average molecular weight is 271 g/mol. The van der Waals surface area contributed by atoms with Crippen LogP contribution >= 0.6 is 0 Å². The lowest BCUT2D eigenvalue weighted by Gasteiger charge is -2.15. The number of hydrogen-bond donors (Lipinski definition) is 2. The third-order valence-corrected chi connectivity index (χ3v) is 4.11. The fraction of sp³-hybridized carbons (Fsp3) is 0.471. The summed E-state index contributed by atoms with van der Waals surface area (Å²) in [6.45, 7) is 8.55. The molecule has 0 aliphatic heterocycles. The molecule has 0 saturated carbocycles. The second kappa shape index (κ2) is 6.23. The molecule has 0 fully saturated rings. The number of aromatic nitrogens is 2. The lowest BCUT2D eigenvalue weighted by molar-refractivity contribution is 0.441. The van der Waals surface area contributed by atoms with Gasteiger partial charge in [-0.2, -0.15) is 0 Å². The van der Waals surface area contributed by atoms with Crippen LogP contribution in [0.4, 0.5) is 0 Å². The number of aryl methyl sites for hydroxylation is 2. The van der Waals surface area contributed by atoms with Gasteiger partial charge >= 0.3 is 0 Å². The Hall–Kier alpha value is -1.61. The maximum Gasteiger partial charge on any atom is 0.124 e. The van der Waals surface area contributed by atoms with Crippen molar-refractivity contribution in [1.82, 2.24) is 9.97 Å². The molecule has 0 amide bonds. The third kappa shape index (κ3) is 2.93. The summed E-state index contributed by atoms with van der Waals surface area (Å²) in [4.78, 5) is 8.07. The van der Waals surface area contributed by atoms with Crippen LogP contribution in [0, 0.1) is 12.8 Å². The van der Waals surface area contributed by atoms with E-state index in [4.69, 9.17) is 10.7 Å². The molecule has 1 aromatic heterocycles. The molecule has 3 nitrogen and oxygen atoms in total. The fourth-order valence-electron chi connectivity index (χ4n) is 2.34. The number of rotatable bonds is 5. The maximum atomic E-state index is 6.26. The molecule has 0 radical (unpaired) electrons. The summed E-state index contributed by atoms with van der Waals surface area (Å²) in [5.41, 5.74) is 10.9. The van der Waals surface area contributed by atoms with E-state index >= 15 is 0 Å². The van der Waals surface area contributed by atoms with E-state index in [1.165, 1.54) is 5.56 Å². The Kier molecular flexibility index (Phi) is 4.61. The monoisotopic (exact) mass is 271 g/mol. The lowest BCUT2D eigenvalue weighted by atomic mass is 10.00. The van der Waals surface area contributed by atoms with Crippen LogP contribution in [-0.4, -0.2) is 9.97 Å². The zero-order valence-corrected chi connectivity index (χ0v) is 12.9. The van der Waals surface area contributed by atoms with Gasteiger partial charge in [-0.3, -0.25) is 0 Å². The van der Waals surface area contributed by atoms with E-state index in [-0.39, 0.29) is 6.04 Å². The molecule has 2 atom stereocenters. The summed E-state index contributed by atoms with van der Waals surface area (Å²) in [7, 11) is 0. The van der Waals surface area contributed by atoms with Crippen LogP contribution in [0.1, 0.15) is 50.3 Å². The Morgan fingerprint density at radius 2 is 1.85 bits per heavy atom. The summed E-state index contributed by atoms with van der Waals surface area (Å²) in [5.74, 6) is 1.32. The van der Waals surface area contributed by atoms with Crippen molar-refractivity contribution in [3.05, 3.63) is 41.3 Å². The Morgan fingerprint density at radius 3 is 2.40 bits per heavy atom. The highest BCUT2D eigenvalue weighted by atomic mass is 15.0. The van der Waals surface area contributed by atoms with Crippen LogP contribution in [0.5, 0.6) is 0 Å². The first-order valence-corrected chi connectivity index (χ1v) is 7.48. The minimum Gasteiger partial charge on any atom is -0.344 e. The highest BCUT2D eigenvalue weighted by molar-refractivity contribution is 5.62. The van der Waals surface area contributed by atoms with Gasteiger partial charge in [-0.05, 0) is 24.8 Å². The normalized spacial score (nSPS) is 14.2. The van der Waals surface area contributed by atoms with Crippen LogP contribution in [-0.2, 0) is 6.42 Å². The molecule has 2 rings (SSSR count). The van der Waals surface area contributed by atoms with Crippen molar-refractivity contribution in [3.8, 4) is 11.3 Å². The van der Waals surface area contributed by atoms with E-state index in [1.807, 2.05) is 0 Å². The number of nitrogens with one attached hydrogen (secondary N) is 1. The van der Waals surface area contributed by atoms with Gasteiger partial charge in [-0.15, -0.1) is 0 Å². The Morgan fingerprint density at radius 1 is 1.20 bits per heavy atom. The minimum atomic E-state index is -0.0256. The van der Waals surface area contributed by atoms with Crippen molar-refractivity contribution in [2.75, 3.05) is 0 Å². The van der Waals surface area contributed by atoms with Crippen molar-refractivity contribution < 1.29 is 0 Å². The fourth-order valence-corrected chi connectivity index (χ4v) is 2.34. The van der Waals surface area contributed by atoms with Crippen molar-refractivity contribution in [2.45, 2.75) is 46.6 Å². The van der Waals surface area contributed by atoms with E-state index in [1.54, 1.807) is 0 Å². The van der Waals surface area contributed by atoms with Crippen molar-refractivity contribution in [3.63, 3.8) is 0 Å². The summed E-state index contributed by atoms with van der Waals surface area (Å²) < 4.78 is 0. The highest BCUT2D eigenvalue weighted by Gasteiger charge is 2.18. The Labute approximate surface area is 121 Å². The van der Waals surface area contributed by atoms with Gasteiger partial charge in [0.05, 0.1) is 11.7 Å². The standard InChI is InChI=1S/C17H25N3/c1-5-11(3)15(18)17-19-12(4)16(20-17)14-9-7-13(6-2)8-10-14/h7-11,15H,5-6,18H2,1-4H3,(H,19,20). The molecule has 0 aliphatic rings. The van der Waals surface area contributed by atoms with Gasteiger partial charge in [0.15, 0.2) is 0 Å². The number of H-pyrrole nitrogens is 1. The van der Waals surface area contributed by atoms with Crippen LogP contribution in [0.15, 0.2) is 24.3 Å². The van der Waals surface area contributed by atoms with Gasteiger partial charge in [0.25, 0.3) is 0 Å². The van der Waals surface area contributed by atoms with E-state index in [9.17, 15) is 0 Å². The van der Waals surface area contributed by atoms with Gasteiger partial charge in [-0.1, -0.05) is 51.5 Å². The zero-order valence-electron chi connectivity index (χ0n) is 12.9. The molecule has 0 aliphatic carbocycles. The number of nitrogens with two attached hydrogens (primary N) is 1. The van der Waals surface area contributed by atoms with Gasteiger partial charge < -0.3 is 10.7 Å². The van der Waals surface area contributed by atoms with E-state index in [0.29, 0.717) is 5.92 Å². The van der Waals surface area contributed by atoms with Gasteiger partial charge in [0.1, 0.15) is 5.82 Å². The maximum absolute atomic E-state index is 6.26. The number of aromatic amines is 1. The van der Waals surface area contributed by atoms with Crippen molar-refractivity contribution in [1.29, 1.82) is 0 Å². The second-order valence-corrected chi connectivity index (χ2v) is 5.56. The van der Waals surface area contributed by atoms with Crippen LogP contribution in [0.25, 0.3) is 11.3 Å². The first kappa shape index (κ1) is 14.8. The quantitative estimate of drug-likeness (QED) is 0.863. The number of benzene rings is 1. The van der Waals surface area contributed by atoms with Gasteiger partial charge in [0.2, 0.25) is 0 Å². The van der Waals surface area contributed by atoms with E-state index < -0.39 is 0 Å². The molecule has 108 valence electrons. The van der Waals surface area contributed by atoms with Crippen molar-refractivity contribution in [2.24, 2.45) is 11.7 Å². The number of imidazole rings is 1. The largest absolute Gasteiger partial charge is 0.344 e. The van der Waals surface area contributed by atoms with Gasteiger partial charge in [-0.25, -0.2) is 4.98 Å². The molecule has 1 heterocycles. The number of nitrogens with zero attached hydrogens (tertiary/aromatic N) is 1. The molecular formula is C17H25N3. The molecule has 2 aromatic rings. The molecular weight excluding hydrogens is 246 g/mol. The summed E-state index contributed by atoms with van der Waals surface area (Å²) in [6.07, 6.45) is 2.12. The molecule has 0 spiro atoms. The smallest absolute Gasteiger partial charge is 0.124 e. The lowest BCUT2D eigenvalue weighted by Crippen LogP contribution is -2.19. The molecule has 2 unspecified atom stereocenters. The average Bonchev–Trinajstić information content (AvgIpc) is 2.87. The summed E-state index contributed by atoms with van der Waals surface area (Å²) in [5, 5.41) is 0. The topological polar surface area (TPSA) is 54.7 Å². The third-order valence-electron chi connectivity index (χ3n) is 4.11. The SMILES string of the molecule is CCc1ccc(-c2nc(C(N)C(C)CC)[nH]c2C)cc1. The van der Waals surface area contributed by atoms with Gasteiger partial charge in [0, 0.05) is 11.3 Å². The molecule has 0 bridgehead atoms. The minimum absolute atomic E-state index is 0.0256. The first-order chi connectivity index (χ1) is 9.56. The molecule has 1 aromatic carbocycles. The molecule has 20 heavy (non-hydrogen) atoms. The predicted molar refractivity (Wildman–Crippen MR) is 84.5 cm³/mol.